The molecule has 0 amide bonds. The Morgan fingerprint density at radius 2 is 1.50 bits per heavy atom. The average molecular weight is 136 g/mol. The van der Waals surface area contributed by atoms with E-state index in [-0.39, 0.29) is 5.78 Å². The summed E-state index contributed by atoms with van der Waals surface area (Å²) in [6.45, 7) is 0. The molecule has 10 heavy (non-hydrogen) atoms. The third kappa shape index (κ3) is 2.62. The maximum Gasteiger partial charge on any atom is 0.177 e. The number of carbonyl (C=O) groups is 1. The standard InChI is InChI=1S/C9H12O/c10-9-7-5-3-1-2-4-6-8-9/h5-8H,1-4H2/b7-5-,8-6-. The Balaban J connectivity index is 2.51. The molecule has 1 rings (SSSR count). The SMILES string of the molecule is O=C1/C=C\CCCC/C=C\1. The van der Waals surface area contributed by atoms with E-state index in [0.717, 1.165) is 12.8 Å². The topological polar surface area (TPSA) is 17.1 Å². The molecule has 1 aliphatic carbocycles. The number of hydrogen-bond acceptors (Lipinski definition) is 1. The van der Waals surface area contributed by atoms with Crippen LogP contribution in [0.4, 0.5) is 0 Å². The molecule has 0 saturated heterocycles. The lowest BCUT2D eigenvalue weighted by Gasteiger charge is -1.88. The largest absolute Gasteiger partial charge is 0.290 e. The summed E-state index contributed by atoms with van der Waals surface area (Å²) >= 11 is 0. The lowest BCUT2D eigenvalue weighted by molar-refractivity contribution is -0.110. The Hall–Kier alpha value is -0.850. The van der Waals surface area contributed by atoms with E-state index < -0.39 is 0 Å². The third-order valence-electron chi connectivity index (χ3n) is 1.56. The van der Waals surface area contributed by atoms with Gasteiger partial charge in [0.15, 0.2) is 5.78 Å². The summed E-state index contributed by atoms with van der Waals surface area (Å²) in [5.74, 6) is 0.127. The van der Waals surface area contributed by atoms with E-state index in [9.17, 15) is 4.79 Å². The third-order valence-corrected chi connectivity index (χ3v) is 1.56. The van der Waals surface area contributed by atoms with E-state index in [2.05, 4.69) is 0 Å². The summed E-state index contributed by atoms with van der Waals surface area (Å²) in [5, 5.41) is 0. The van der Waals surface area contributed by atoms with Gasteiger partial charge in [-0.25, -0.2) is 0 Å². The van der Waals surface area contributed by atoms with Gasteiger partial charge < -0.3 is 0 Å². The predicted octanol–water partition coefficient (Wildman–Crippen LogP) is 2.24. The zero-order chi connectivity index (χ0) is 7.23. The molecular weight excluding hydrogens is 124 g/mol. The van der Waals surface area contributed by atoms with E-state index in [1.807, 2.05) is 12.2 Å². The molecule has 0 saturated carbocycles. The van der Waals surface area contributed by atoms with E-state index >= 15 is 0 Å². The first-order chi connectivity index (χ1) is 4.89. The highest BCUT2D eigenvalue weighted by atomic mass is 16.1. The summed E-state index contributed by atoms with van der Waals surface area (Å²) in [6.07, 6.45) is 11.7. The van der Waals surface area contributed by atoms with Crippen molar-refractivity contribution < 1.29 is 4.79 Å². The van der Waals surface area contributed by atoms with E-state index in [0.29, 0.717) is 0 Å². The maximum atomic E-state index is 10.8. The minimum Gasteiger partial charge on any atom is -0.290 e. The molecule has 0 radical (unpaired) electrons. The maximum absolute atomic E-state index is 10.8. The van der Waals surface area contributed by atoms with Crippen LogP contribution in [0.15, 0.2) is 24.3 Å². The molecule has 0 N–H and O–H groups in total. The number of ketones is 1. The molecule has 0 aromatic heterocycles. The van der Waals surface area contributed by atoms with Gasteiger partial charge >= 0.3 is 0 Å². The lowest BCUT2D eigenvalue weighted by atomic mass is 10.2. The molecule has 0 fully saturated rings. The van der Waals surface area contributed by atoms with Gasteiger partial charge in [-0.1, -0.05) is 12.2 Å². The first-order valence-electron chi connectivity index (χ1n) is 3.76. The second-order valence-corrected chi connectivity index (χ2v) is 2.49. The van der Waals surface area contributed by atoms with Gasteiger partial charge in [0, 0.05) is 0 Å². The van der Waals surface area contributed by atoms with Crippen LogP contribution in [0, 0.1) is 0 Å². The summed E-state index contributed by atoms with van der Waals surface area (Å²) in [4.78, 5) is 10.8. The van der Waals surface area contributed by atoms with Crippen molar-refractivity contribution in [2.24, 2.45) is 0 Å². The van der Waals surface area contributed by atoms with E-state index in [1.165, 1.54) is 12.8 Å². The van der Waals surface area contributed by atoms with Crippen molar-refractivity contribution in [3.63, 3.8) is 0 Å². The van der Waals surface area contributed by atoms with Gasteiger partial charge in [0.2, 0.25) is 0 Å². The fourth-order valence-electron chi connectivity index (χ4n) is 0.979. The number of hydrogen-bond donors (Lipinski definition) is 0. The van der Waals surface area contributed by atoms with Crippen molar-refractivity contribution >= 4 is 5.78 Å². The monoisotopic (exact) mass is 136 g/mol. The van der Waals surface area contributed by atoms with E-state index in [1.54, 1.807) is 12.2 Å². The van der Waals surface area contributed by atoms with Crippen LogP contribution in [0.25, 0.3) is 0 Å². The molecule has 1 aliphatic rings. The Bertz CT molecular complexity index is 148. The normalized spacial score (nSPS) is 26.2. The van der Waals surface area contributed by atoms with Gasteiger partial charge in [0.1, 0.15) is 0 Å². The van der Waals surface area contributed by atoms with Crippen LogP contribution in [0.3, 0.4) is 0 Å². The summed E-state index contributed by atoms with van der Waals surface area (Å²) in [5.41, 5.74) is 0. The Labute approximate surface area is 61.4 Å². The number of allylic oxidation sites excluding steroid dienone is 4. The average Bonchev–Trinajstić information content (AvgIpc) is 2.02. The van der Waals surface area contributed by atoms with Crippen LogP contribution in [-0.2, 0) is 4.79 Å². The zero-order valence-corrected chi connectivity index (χ0v) is 6.05. The van der Waals surface area contributed by atoms with Crippen molar-refractivity contribution in [1.29, 1.82) is 0 Å². The molecule has 1 heteroatoms. The molecule has 1 nitrogen and oxygen atoms in total. The molecule has 0 spiro atoms. The van der Waals surface area contributed by atoms with Crippen LogP contribution < -0.4 is 0 Å². The minimum atomic E-state index is 0.127. The van der Waals surface area contributed by atoms with E-state index in [4.69, 9.17) is 0 Å². The second kappa shape index (κ2) is 4.04. The van der Waals surface area contributed by atoms with Gasteiger partial charge in [0.05, 0.1) is 0 Å². The first kappa shape index (κ1) is 7.26. The van der Waals surface area contributed by atoms with Crippen molar-refractivity contribution in [3.05, 3.63) is 24.3 Å². The first-order valence-corrected chi connectivity index (χ1v) is 3.76. The quantitative estimate of drug-likeness (QED) is 0.499. The number of rotatable bonds is 0. The second-order valence-electron chi connectivity index (χ2n) is 2.49. The van der Waals surface area contributed by atoms with Crippen LogP contribution in [0.5, 0.6) is 0 Å². The fraction of sp³-hybridized carbons (Fsp3) is 0.444. The van der Waals surface area contributed by atoms with Crippen molar-refractivity contribution in [2.45, 2.75) is 25.7 Å². The zero-order valence-electron chi connectivity index (χ0n) is 6.05. The van der Waals surface area contributed by atoms with Crippen LogP contribution in [-0.4, -0.2) is 5.78 Å². The van der Waals surface area contributed by atoms with Crippen molar-refractivity contribution in [3.8, 4) is 0 Å². The highest BCUT2D eigenvalue weighted by Crippen LogP contribution is 2.03. The lowest BCUT2D eigenvalue weighted by Crippen LogP contribution is -1.82. The minimum absolute atomic E-state index is 0.127. The molecule has 0 heterocycles. The van der Waals surface area contributed by atoms with Crippen LogP contribution in [0.2, 0.25) is 0 Å². The highest BCUT2D eigenvalue weighted by Gasteiger charge is 1.91. The molecule has 0 unspecified atom stereocenters. The Morgan fingerprint density at radius 3 is 2.00 bits per heavy atom. The van der Waals surface area contributed by atoms with Crippen molar-refractivity contribution in [2.75, 3.05) is 0 Å². The molecule has 0 atom stereocenters. The Morgan fingerprint density at radius 1 is 1.00 bits per heavy atom. The summed E-state index contributed by atoms with van der Waals surface area (Å²) in [6, 6.07) is 0. The number of carbonyl (C=O) groups excluding carboxylic acids is 1. The molecule has 0 aromatic carbocycles. The molecule has 54 valence electrons. The highest BCUT2D eigenvalue weighted by molar-refractivity contribution is 5.99. The Kier molecular flexibility index (Phi) is 2.94. The van der Waals surface area contributed by atoms with Crippen LogP contribution >= 0.6 is 0 Å². The molecule has 0 bridgehead atoms. The van der Waals surface area contributed by atoms with Gasteiger partial charge in [-0.2, -0.15) is 0 Å². The van der Waals surface area contributed by atoms with Crippen LogP contribution in [0.1, 0.15) is 25.7 Å². The molecular formula is C9H12O. The summed E-state index contributed by atoms with van der Waals surface area (Å²) < 4.78 is 0. The molecule has 0 aromatic rings. The van der Waals surface area contributed by atoms with Crippen molar-refractivity contribution in [1.82, 2.24) is 0 Å². The fourth-order valence-corrected chi connectivity index (χ4v) is 0.979. The smallest absolute Gasteiger partial charge is 0.177 e. The van der Waals surface area contributed by atoms with Gasteiger partial charge in [-0.15, -0.1) is 0 Å². The molecule has 0 aliphatic heterocycles. The summed E-state index contributed by atoms with van der Waals surface area (Å²) in [7, 11) is 0. The van der Waals surface area contributed by atoms with Gasteiger partial charge in [-0.3, -0.25) is 4.79 Å². The van der Waals surface area contributed by atoms with Gasteiger partial charge in [0.25, 0.3) is 0 Å². The van der Waals surface area contributed by atoms with Gasteiger partial charge in [-0.05, 0) is 37.8 Å². The predicted molar refractivity (Wildman–Crippen MR) is 41.8 cm³/mol.